The van der Waals surface area contributed by atoms with Crippen molar-refractivity contribution in [1.29, 1.82) is 0 Å². The topological polar surface area (TPSA) is 12.0 Å². The van der Waals surface area contributed by atoms with Crippen molar-refractivity contribution < 1.29 is 0 Å². The zero-order valence-electron chi connectivity index (χ0n) is 10.1. The second-order valence-electron chi connectivity index (χ2n) is 3.84. The summed E-state index contributed by atoms with van der Waals surface area (Å²) in [5, 5.41) is 3.38. The van der Waals surface area contributed by atoms with Crippen molar-refractivity contribution in [2.45, 2.75) is 26.8 Å². The third kappa shape index (κ3) is 3.54. The summed E-state index contributed by atoms with van der Waals surface area (Å²) in [5.41, 5.74) is 4.16. The quantitative estimate of drug-likeness (QED) is 0.822. The van der Waals surface area contributed by atoms with E-state index in [4.69, 9.17) is 0 Å². The lowest BCUT2D eigenvalue weighted by Gasteiger charge is -2.17. The summed E-state index contributed by atoms with van der Waals surface area (Å²) < 4.78 is 0. The summed E-state index contributed by atoms with van der Waals surface area (Å²) in [6.07, 6.45) is 0. The van der Waals surface area contributed by atoms with Crippen LogP contribution in [-0.4, -0.2) is 18.6 Å². The molecule has 0 saturated heterocycles. The summed E-state index contributed by atoms with van der Waals surface area (Å²) in [6, 6.07) is 7.23. The molecule has 0 bridgehead atoms. The summed E-state index contributed by atoms with van der Waals surface area (Å²) in [6.45, 7) is 6.55. The first-order valence-corrected chi connectivity index (χ1v) is 6.66. The molecule has 1 atom stereocenters. The van der Waals surface area contributed by atoms with E-state index in [9.17, 15) is 0 Å². The third-order valence-electron chi connectivity index (χ3n) is 2.77. The van der Waals surface area contributed by atoms with E-state index in [0.29, 0.717) is 6.04 Å². The first-order chi connectivity index (χ1) is 7.19. The highest BCUT2D eigenvalue weighted by Gasteiger charge is 2.09. The van der Waals surface area contributed by atoms with Crippen molar-refractivity contribution in [3.05, 3.63) is 34.9 Å². The molecule has 1 rings (SSSR count). The number of thioether (sulfide) groups is 1. The molecular formula is C13H21NS. The van der Waals surface area contributed by atoms with Crippen LogP contribution in [0.15, 0.2) is 18.2 Å². The Hall–Kier alpha value is -0.470. The van der Waals surface area contributed by atoms with E-state index < -0.39 is 0 Å². The molecule has 1 unspecified atom stereocenters. The fraction of sp³-hybridized carbons (Fsp3) is 0.538. The minimum absolute atomic E-state index is 0.481. The van der Waals surface area contributed by atoms with Crippen molar-refractivity contribution in [3.8, 4) is 0 Å². The highest BCUT2D eigenvalue weighted by atomic mass is 32.2. The summed E-state index contributed by atoms with van der Waals surface area (Å²) in [4.78, 5) is 0. The first kappa shape index (κ1) is 12.6. The van der Waals surface area contributed by atoms with Crippen LogP contribution in [0.1, 0.15) is 29.7 Å². The van der Waals surface area contributed by atoms with Gasteiger partial charge >= 0.3 is 0 Å². The lowest BCUT2D eigenvalue weighted by molar-refractivity contribution is 0.661. The standard InChI is InChI=1S/C13H21NS/c1-5-15-9-13(14-4)12-7-6-10(2)11(3)8-12/h6-8,13-14H,5,9H2,1-4H3. The van der Waals surface area contributed by atoms with E-state index >= 15 is 0 Å². The van der Waals surface area contributed by atoms with Gasteiger partial charge in [-0.05, 0) is 43.3 Å². The van der Waals surface area contributed by atoms with Crippen LogP contribution in [-0.2, 0) is 0 Å². The number of hydrogen-bond acceptors (Lipinski definition) is 2. The van der Waals surface area contributed by atoms with Gasteiger partial charge in [-0.25, -0.2) is 0 Å². The molecule has 0 aliphatic rings. The largest absolute Gasteiger partial charge is 0.312 e. The van der Waals surface area contributed by atoms with Crippen molar-refractivity contribution in [2.75, 3.05) is 18.6 Å². The Morgan fingerprint density at radius 2 is 2.00 bits per heavy atom. The SMILES string of the molecule is CCSCC(NC)c1ccc(C)c(C)c1. The molecule has 0 fully saturated rings. The van der Waals surface area contributed by atoms with Crippen molar-refractivity contribution in [2.24, 2.45) is 0 Å². The maximum absolute atomic E-state index is 3.38. The van der Waals surface area contributed by atoms with E-state index in [1.54, 1.807) is 0 Å². The van der Waals surface area contributed by atoms with Gasteiger partial charge in [0.1, 0.15) is 0 Å². The minimum Gasteiger partial charge on any atom is -0.312 e. The van der Waals surface area contributed by atoms with Crippen LogP contribution >= 0.6 is 11.8 Å². The van der Waals surface area contributed by atoms with E-state index in [1.165, 1.54) is 22.4 Å². The van der Waals surface area contributed by atoms with Gasteiger partial charge in [0.25, 0.3) is 0 Å². The Morgan fingerprint density at radius 3 is 2.53 bits per heavy atom. The number of nitrogens with one attached hydrogen (secondary N) is 1. The molecule has 84 valence electrons. The molecule has 2 heteroatoms. The molecule has 0 aliphatic carbocycles. The predicted octanol–water partition coefficient (Wildman–Crippen LogP) is 3.32. The average molecular weight is 223 g/mol. The lowest BCUT2D eigenvalue weighted by Crippen LogP contribution is -2.19. The van der Waals surface area contributed by atoms with Gasteiger partial charge in [-0.15, -0.1) is 0 Å². The normalized spacial score (nSPS) is 12.8. The summed E-state index contributed by atoms with van der Waals surface area (Å²) >= 11 is 1.98. The second kappa shape index (κ2) is 6.19. The summed E-state index contributed by atoms with van der Waals surface area (Å²) in [5.74, 6) is 2.33. The lowest BCUT2D eigenvalue weighted by atomic mass is 10.0. The fourth-order valence-electron chi connectivity index (χ4n) is 1.56. The number of hydrogen-bond donors (Lipinski definition) is 1. The van der Waals surface area contributed by atoms with Crippen LogP contribution in [0.5, 0.6) is 0 Å². The maximum atomic E-state index is 3.38. The Morgan fingerprint density at radius 1 is 1.27 bits per heavy atom. The fourth-order valence-corrected chi connectivity index (χ4v) is 2.39. The second-order valence-corrected chi connectivity index (χ2v) is 5.16. The van der Waals surface area contributed by atoms with Gasteiger partial charge in [0.2, 0.25) is 0 Å². The molecule has 0 amide bonds. The Labute approximate surface area is 97.7 Å². The maximum Gasteiger partial charge on any atom is 0.0409 e. The molecule has 1 nitrogen and oxygen atoms in total. The smallest absolute Gasteiger partial charge is 0.0409 e. The highest BCUT2D eigenvalue weighted by molar-refractivity contribution is 7.99. The zero-order valence-corrected chi connectivity index (χ0v) is 10.9. The molecule has 0 aliphatic heterocycles. The summed E-state index contributed by atoms with van der Waals surface area (Å²) in [7, 11) is 2.04. The van der Waals surface area contributed by atoms with Gasteiger partial charge in [-0.2, -0.15) is 11.8 Å². The van der Waals surface area contributed by atoms with Gasteiger partial charge in [0, 0.05) is 11.8 Å². The molecule has 0 aromatic heterocycles. The van der Waals surface area contributed by atoms with Crippen LogP contribution in [0.25, 0.3) is 0 Å². The van der Waals surface area contributed by atoms with Crippen molar-refractivity contribution >= 4 is 11.8 Å². The molecule has 15 heavy (non-hydrogen) atoms. The van der Waals surface area contributed by atoms with E-state index in [0.717, 1.165) is 5.75 Å². The van der Waals surface area contributed by atoms with Crippen LogP contribution in [0.3, 0.4) is 0 Å². The minimum atomic E-state index is 0.481. The molecule has 0 saturated carbocycles. The zero-order chi connectivity index (χ0) is 11.3. The predicted molar refractivity (Wildman–Crippen MR) is 70.7 cm³/mol. The van der Waals surface area contributed by atoms with Crippen molar-refractivity contribution in [3.63, 3.8) is 0 Å². The van der Waals surface area contributed by atoms with E-state index in [2.05, 4.69) is 44.3 Å². The van der Waals surface area contributed by atoms with Gasteiger partial charge in [0.05, 0.1) is 0 Å². The molecular weight excluding hydrogens is 202 g/mol. The van der Waals surface area contributed by atoms with Gasteiger partial charge in [-0.1, -0.05) is 25.1 Å². The molecule has 1 aromatic carbocycles. The highest BCUT2D eigenvalue weighted by Crippen LogP contribution is 2.20. The molecule has 0 spiro atoms. The van der Waals surface area contributed by atoms with Crippen LogP contribution in [0, 0.1) is 13.8 Å². The van der Waals surface area contributed by atoms with E-state index in [1.807, 2.05) is 18.8 Å². The Bertz CT molecular complexity index is 309. The van der Waals surface area contributed by atoms with Gasteiger partial charge < -0.3 is 5.32 Å². The Kier molecular flexibility index (Phi) is 5.20. The van der Waals surface area contributed by atoms with Gasteiger partial charge in [-0.3, -0.25) is 0 Å². The van der Waals surface area contributed by atoms with Crippen LogP contribution in [0.2, 0.25) is 0 Å². The Balaban J connectivity index is 2.78. The average Bonchev–Trinajstić information content (AvgIpc) is 2.24. The molecule has 1 N–H and O–H groups in total. The monoisotopic (exact) mass is 223 g/mol. The molecule has 1 aromatic rings. The number of benzene rings is 1. The molecule has 0 heterocycles. The van der Waals surface area contributed by atoms with Gasteiger partial charge in [0.15, 0.2) is 0 Å². The number of aryl methyl sites for hydroxylation is 2. The first-order valence-electron chi connectivity index (χ1n) is 5.51. The van der Waals surface area contributed by atoms with Crippen LogP contribution < -0.4 is 5.32 Å². The number of rotatable bonds is 5. The molecule has 0 radical (unpaired) electrons. The van der Waals surface area contributed by atoms with E-state index in [-0.39, 0.29) is 0 Å². The van der Waals surface area contributed by atoms with Crippen LogP contribution in [0.4, 0.5) is 0 Å². The third-order valence-corrected chi connectivity index (χ3v) is 3.75. The van der Waals surface area contributed by atoms with Crippen molar-refractivity contribution in [1.82, 2.24) is 5.32 Å².